The number of nitrogens with two attached hydrogens (primary N) is 1. The average Bonchev–Trinajstić information content (AvgIpc) is 2.83. The van der Waals surface area contributed by atoms with Gasteiger partial charge in [-0.2, -0.15) is 0 Å². The van der Waals surface area contributed by atoms with E-state index in [1.165, 1.54) is 14.0 Å². The maximum atomic E-state index is 11.5. The Balaban J connectivity index is 2.02. The highest BCUT2D eigenvalue weighted by Crippen LogP contribution is 2.29. The van der Waals surface area contributed by atoms with Gasteiger partial charge in [-0.15, -0.1) is 5.01 Å². The maximum absolute atomic E-state index is 11.5. The molecule has 0 aromatic heterocycles. The van der Waals surface area contributed by atoms with Gasteiger partial charge in [-0.25, -0.2) is 0 Å². The molecule has 2 fully saturated rings. The highest BCUT2D eigenvalue weighted by molar-refractivity contribution is 4.95. The normalized spacial score (nSPS) is 39.2. The number of hydrogen-bond donors (Lipinski definition) is 8. The fraction of sp³-hybridized carbons (Fsp3) is 1.00. The fourth-order valence-electron chi connectivity index (χ4n) is 4.01. The summed E-state index contributed by atoms with van der Waals surface area (Å²) in [4.78, 5) is 0.0119. The highest BCUT2D eigenvalue weighted by Gasteiger charge is 2.50. The lowest BCUT2D eigenvalue weighted by Gasteiger charge is -2.46. The van der Waals surface area contributed by atoms with Crippen LogP contribution in [0.2, 0.25) is 0 Å². The van der Waals surface area contributed by atoms with Crippen molar-refractivity contribution in [1.82, 2.24) is 10.3 Å². The van der Waals surface area contributed by atoms with Gasteiger partial charge in [-0.1, -0.05) is 0 Å². The SMILES string of the molecule is CO[C@H]1[C@H](O)[C@@H](O)[C@@H](OC2[C@@H](CO)O[C@H](C)[C@H](O)[C@H]2O)O[C@@H]1CNCCN(CCN)/[N+]([O-])=N/O. The van der Waals surface area contributed by atoms with Crippen LogP contribution >= 0.6 is 0 Å². The monoisotopic (exact) mass is 499 g/mol. The quantitative estimate of drug-likeness (QED) is 0.0546. The minimum Gasteiger partial charge on any atom is -0.569 e. The van der Waals surface area contributed by atoms with Crippen LogP contribution < -0.4 is 11.1 Å². The summed E-state index contributed by atoms with van der Waals surface area (Å²) in [5.41, 5.74) is 5.43. The van der Waals surface area contributed by atoms with E-state index in [9.17, 15) is 30.7 Å². The molecule has 1 unspecified atom stereocenters. The van der Waals surface area contributed by atoms with Crippen molar-refractivity contribution in [1.29, 1.82) is 0 Å². The molecule has 9 N–H and O–H groups in total. The van der Waals surface area contributed by atoms with E-state index in [0.717, 1.165) is 5.01 Å². The van der Waals surface area contributed by atoms with Crippen LogP contribution in [-0.2, 0) is 18.9 Å². The van der Waals surface area contributed by atoms with Crippen molar-refractivity contribution in [2.75, 3.05) is 46.4 Å². The third-order valence-electron chi connectivity index (χ3n) is 5.91. The molecule has 2 aliphatic rings. The third-order valence-corrected chi connectivity index (χ3v) is 5.91. The van der Waals surface area contributed by atoms with E-state index in [0.29, 0.717) is 0 Å². The Morgan fingerprint density at radius 3 is 2.32 bits per heavy atom. The molecule has 2 rings (SSSR count). The number of ether oxygens (including phenoxy) is 4. The molecule has 2 heterocycles. The van der Waals surface area contributed by atoms with E-state index < -0.39 is 67.8 Å². The number of hydrazine groups is 1. The van der Waals surface area contributed by atoms with E-state index >= 15 is 0 Å². The molecule has 0 bridgehead atoms. The summed E-state index contributed by atoms with van der Waals surface area (Å²) in [5, 5.41) is 78.0. The van der Waals surface area contributed by atoms with Gasteiger partial charge >= 0.3 is 0 Å². The van der Waals surface area contributed by atoms with Gasteiger partial charge in [0.1, 0.15) is 48.8 Å². The molecular weight excluding hydrogens is 462 g/mol. The number of nitrogens with one attached hydrogen (secondary N) is 1. The second-order valence-electron chi connectivity index (χ2n) is 8.16. The fourth-order valence-corrected chi connectivity index (χ4v) is 4.01. The maximum Gasteiger partial charge on any atom is 0.230 e. The lowest BCUT2D eigenvalue weighted by atomic mass is 9.95. The van der Waals surface area contributed by atoms with Crippen LogP contribution in [0.4, 0.5) is 0 Å². The molecule has 16 heteroatoms. The number of aliphatic hydroxyl groups is 5. The van der Waals surface area contributed by atoms with Crippen LogP contribution in [0, 0.1) is 5.21 Å². The first kappa shape index (κ1) is 28.8. The Bertz CT molecular complexity index is 633. The van der Waals surface area contributed by atoms with E-state index in [-0.39, 0.29) is 37.7 Å². The lowest BCUT2D eigenvalue weighted by Crippen LogP contribution is -2.65. The first-order valence-electron chi connectivity index (χ1n) is 11.0. The van der Waals surface area contributed by atoms with Crippen LogP contribution in [0.3, 0.4) is 0 Å². The molecular formula is C18H37N5O11. The summed E-state index contributed by atoms with van der Waals surface area (Å²) in [6.45, 7) is 1.79. The van der Waals surface area contributed by atoms with Crippen LogP contribution in [0.15, 0.2) is 5.28 Å². The van der Waals surface area contributed by atoms with Gasteiger partial charge in [0.15, 0.2) is 6.29 Å². The summed E-state index contributed by atoms with van der Waals surface area (Å²) < 4.78 is 22.2. The van der Waals surface area contributed by atoms with E-state index in [2.05, 4.69) is 10.6 Å². The Morgan fingerprint density at radius 2 is 1.74 bits per heavy atom. The summed E-state index contributed by atoms with van der Waals surface area (Å²) >= 11 is 0. The van der Waals surface area contributed by atoms with Gasteiger partial charge in [-0.3, -0.25) is 0 Å². The van der Waals surface area contributed by atoms with E-state index in [1.807, 2.05) is 0 Å². The lowest BCUT2D eigenvalue weighted by molar-refractivity contribution is -0.709. The summed E-state index contributed by atoms with van der Waals surface area (Å²) in [5.74, 6) is 0. The predicted octanol–water partition coefficient (Wildman–Crippen LogP) is -4.55. The Morgan fingerprint density at radius 1 is 1.06 bits per heavy atom. The zero-order chi connectivity index (χ0) is 25.4. The van der Waals surface area contributed by atoms with Crippen molar-refractivity contribution in [3.63, 3.8) is 0 Å². The predicted molar refractivity (Wildman–Crippen MR) is 111 cm³/mol. The van der Waals surface area contributed by atoms with Gasteiger partial charge in [0, 0.05) is 26.7 Å². The minimum absolute atomic E-state index is 0.0119. The van der Waals surface area contributed by atoms with Gasteiger partial charge in [-0.05, 0) is 6.92 Å². The van der Waals surface area contributed by atoms with Crippen molar-refractivity contribution in [2.24, 2.45) is 11.0 Å². The first-order chi connectivity index (χ1) is 16.2. The summed E-state index contributed by atoms with van der Waals surface area (Å²) in [6.07, 6.45) is -12.0. The molecule has 0 radical (unpaired) electrons. The Kier molecular flexibility index (Phi) is 11.5. The van der Waals surface area contributed by atoms with E-state index in [1.54, 1.807) is 0 Å². The molecule has 0 aliphatic carbocycles. The Labute approximate surface area is 196 Å². The molecule has 0 aromatic carbocycles. The topological polar surface area (TPSA) is 238 Å². The number of rotatable bonds is 12. The molecule has 2 saturated heterocycles. The van der Waals surface area contributed by atoms with Crippen molar-refractivity contribution >= 4 is 0 Å². The molecule has 0 aromatic rings. The molecule has 0 saturated carbocycles. The standard InChI is InChI=1S/C18H37N5O11/c1-9-12(25)13(26)17(11(8-24)32-9)34-18-15(28)14(27)16(31-2)10(33-18)7-20-4-6-22(5-3-19)23(30)21-29/h9-18,20,24-29H,3-8,19H2,1-2H3/b23-21-/t9-,10-,11-,12+,13-,14-,15-,16-,17?,18-/m1/s1. The van der Waals surface area contributed by atoms with Crippen LogP contribution in [0.5, 0.6) is 0 Å². The van der Waals surface area contributed by atoms with Crippen LogP contribution in [-0.4, -0.2) is 148 Å². The Hall–Kier alpha value is -1.44. The first-order valence-corrected chi connectivity index (χ1v) is 11.0. The molecule has 10 atom stereocenters. The number of aliphatic hydroxyl groups excluding tert-OH is 5. The molecule has 0 amide bonds. The third kappa shape index (κ3) is 6.82. The van der Waals surface area contributed by atoms with Gasteiger partial charge in [0.05, 0.1) is 30.8 Å². The number of methoxy groups -OCH3 is 1. The largest absolute Gasteiger partial charge is 0.569 e. The molecule has 16 nitrogen and oxygen atoms in total. The molecule has 2 aliphatic heterocycles. The van der Waals surface area contributed by atoms with E-state index in [4.69, 9.17) is 29.9 Å². The van der Waals surface area contributed by atoms with Gasteiger partial charge < -0.3 is 65.9 Å². The molecule has 200 valence electrons. The average molecular weight is 500 g/mol. The zero-order valence-electron chi connectivity index (χ0n) is 19.2. The summed E-state index contributed by atoms with van der Waals surface area (Å²) in [7, 11) is 1.33. The van der Waals surface area contributed by atoms with Crippen molar-refractivity contribution in [3.8, 4) is 0 Å². The van der Waals surface area contributed by atoms with Crippen molar-refractivity contribution in [3.05, 3.63) is 5.21 Å². The minimum atomic E-state index is -1.57. The van der Waals surface area contributed by atoms with Gasteiger partial charge in [0.25, 0.3) is 0 Å². The zero-order valence-corrected chi connectivity index (χ0v) is 19.2. The van der Waals surface area contributed by atoms with Crippen LogP contribution in [0.1, 0.15) is 6.92 Å². The smallest absolute Gasteiger partial charge is 0.230 e. The molecule has 34 heavy (non-hydrogen) atoms. The second kappa shape index (κ2) is 13.6. The number of nitrogens with zero attached hydrogens (tertiary/aromatic N) is 3. The van der Waals surface area contributed by atoms with Gasteiger partial charge in [0.2, 0.25) is 5.28 Å². The highest BCUT2D eigenvalue weighted by atomic mass is 16.7. The van der Waals surface area contributed by atoms with Crippen LogP contribution in [0.25, 0.3) is 0 Å². The summed E-state index contributed by atoms with van der Waals surface area (Å²) in [6, 6.07) is 0. The van der Waals surface area contributed by atoms with Crippen molar-refractivity contribution < 1.29 is 54.7 Å². The molecule has 0 spiro atoms. The number of hydrogen-bond acceptors (Lipinski definition) is 13. The van der Waals surface area contributed by atoms with Crippen molar-refractivity contribution in [2.45, 2.75) is 68.1 Å². The second-order valence-corrected chi connectivity index (χ2v) is 8.16.